The Labute approximate surface area is 95.9 Å². The highest BCUT2D eigenvalue weighted by atomic mass is 16.4. The Morgan fingerprint density at radius 2 is 2.19 bits per heavy atom. The molecule has 90 valence electrons. The van der Waals surface area contributed by atoms with Crippen molar-refractivity contribution in [3.05, 3.63) is 24.2 Å². The third-order valence-corrected chi connectivity index (χ3v) is 2.44. The maximum absolute atomic E-state index is 10.8. The summed E-state index contributed by atoms with van der Waals surface area (Å²) in [6.07, 6.45) is 1.61. The molecule has 0 aliphatic carbocycles. The van der Waals surface area contributed by atoms with Gasteiger partial charge in [0, 0.05) is 6.54 Å². The highest BCUT2D eigenvalue weighted by Gasteiger charge is 2.21. The minimum atomic E-state index is -0.806. The van der Waals surface area contributed by atoms with Crippen molar-refractivity contribution < 1.29 is 14.3 Å². The summed E-state index contributed by atoms with van der Waals surface area (Å²) in [6, 6.07) is 3.69. The third-order valence-electron chi connectivity index (χ3n) is 2.44. The SMILES string of the molecule is CC(C)CN(CC(=O)O)C(C)c1ccco1. The molecule has 0 aliphatic rings. The predicted octanol–water partition coefficient (Wildman–Crippen LogP) is 2.38. The average Bonchev–Trinajstić information content (AvgIpc) is 2.66. The van der Waals surface area contributed by atoms with Gasteiger partial charge in [-0.05, 0) is 25.0 Å². The lowest BCUT2D eigenvalue weighted by molar-refractivity contribution is -0.139. The molecule has 0 spiro atoms. The van der Waals surface area contributed by atoms with Gasteiger partial charge in [0.15, 0.2) is 0 Å². The Morgan fingerprint density at radius 3 is 2.62 bits per heavy atom. The van der Waals surface area contributed by atoms with Crippen LogP contribution in [0.1, 0.15) is 32.6 Å². The van der Waals surface area contributed by atoms with Gasteiger partial charge in [0.1, 0.15) is 5.76 Å². The minimum absolute atomic E-state index is 0.00602. The quantitative estimate of drug-likeness (QED) is 0.807. The van der Waals surface area contributed by atoms with Crippen LogP contribution < -0.4 is 0 Å². The van der Waals surface area contributed by atoms with Crippen LogP contribution in [0.15, 0.2) is 22.8 Å². The Hall–Kier alpha value is -1.29. The molecule has 4 nitrogen and oxygen atoms in total. The fourth-order valence-corrected chi connectivity index (χ4v) is 1.71. The van der Waals surface area contributed by atoms with Crippen molar-refractivity contribution in [3.63, 3.8) is 0 Å². The van der Waals surface area contributed by atoms with E-state index in [1.54, 1.807) is 6.26 Å². The zero-order chi connectivity index (χ0) is 12.1. The van der Waals surface area contributed by atoms with Gasteiger partial charge < -0.3 is 9.52 Å². The summed E-state index contributed by atoms with van der Waals surface area (Å²) in [5.41, 5.74) is 0. The minimum Gasteiger partial charge on any atom is -0.480 e. The summed E-state index contributed by atoms with van der Waals surface area (Å²) >= 11 is 0. The van der Waals surface area contributed by atoms with Crippen molar-refractivity contribution >= 4 is 5.97 Å². The Balaban J connectivity index is 2.71. The number of nitrogens with zero attached hydrogens (tertiary/aromatic N) is 1. The van der Waals surface area contributed by atoms with Gasteiger partial charge in [0.25, 0.3) is 0 Å². The first-order valence-corrected chi connectivity index (χ1v) is 5.50. The maximum Gasteiger partial charge on any atom is 0.317 e. The number of furan rings is 1. The van der Waals surface area contributed by atoms with Gasteiger partial charge in [-0.15, -0.1) is 0 Å². The van der Waals surface area contributed by atoms with E-state index in [2.05, 4.69) is 13.8 Å². The van der Waals surface area contributed by atoms with E-state index in [9.17, 15) is 4.79 Å². The average molecular weight is 225 g/mol. The van der Waals surface area contributed by atoms with Crippen LogP contribution in [0.3, 0.4) is 0 Å². The van der Waals surface area contributed by atoms with E-state index in [0.29, 0.717) is 5.92 Å². The van der Waals surface area contributed by atoms with Crippen LogP contribution in [0, 0.1) is 5.92 Å². The molecule has 0 radical (unpaired) electrons. The molecule has 1 unspecified atom stereocenters. The molecule has 0 aromatic carbocycles. The van der Waals surface area contributed by atoms with Gasteiger partial charge in [-0.25, -0.2) is 0 Å². The lowest BCUT2D eigenvalue weighted by Crippen LogP contribution is -2.35. The normalized spacial score (nSPS) is 13.3. The highest BCUT2D eigenvalue weighted by molar-refractivity contribution is 5.69. The lowest BCUT2D eigenvalue weighted by atomic mass is 10.1. The lowest BCUT2D eigenvalue weighted by Gasteiger charge is -2.27. The molecule has 16 heavy (non-hydrogen) atoms. The number of aliphatic carboxylic acids is 1. The third kappa shape index (κ3) is 3.70. The second-order valence-electron chi connectivity index (χ2n) is 4.41. The van der Waals surface area contributed by atoms with E-state index in [0.717, 1.165) is 12.3 Å². The van der Waals surface area contributed by atoms with Crippen LogP contribution in [0.2, 0.25) is 0 Å². The number of rotatable bonds is 6. The molecule has 0 amide bonds. The van der Waals surface area contributed by atoms with E-state index in [4.69, 9.17) is 9.52 Å². The van der Waals surface area contributed by atoms with Crippen LogP contribution in [0.25, 0.3) is 0 Å². The van der Waals surface area contributed by atoms with Gasteiger partial charge in [-0.1, -0.05) is 13.8 Å². The molecule has 1 rings (SSSR count). The smallest absolute Gasteiger partial charge is 0.317 e. The van der Waals surface area contributed by atoms with Crippen molar-refractivity contribution in [1.82, 2.24) is 4.90 Å². The summed E-state index contributed by atoms with van der Waals surface area (Å²) in [5, 5.41) is 8.87. The standard InChI is InChI=1S/C12H19NO3/c1-9(2)7-13(8-12(14)15)10(3)11-5-4-6-16-11/h4-6,9-10H,7-8H2,1-3H3,(H,14,15). The number of hydrogen-bond donors (Lipinski definition) is 1. The van der Waals surface area contributed by atoms with Crippen LogP contribution in [-0.4, -0.2) is 29.1 Å². The molecule has 1 heterocycles. The summed E-state index contributed by atoms with van der Waals surface area (Å²) in [6.45, 7) is 6.89. The monoisotopic (exact) mass is 225 g/mol. The van der Waals surface area contributed by atoms with E-state index in [1.807, 2.05) is 24.0 Å². The fraction of sp³-hybridized carbons (Fsp3) is 0.583. The Morgan fingerprint density at radius 1 is 1.50 bits per heavy atom. The Kier molecular flexibility index (Phi) is 4.55. The summed E-state index contributed by atoms with van der Waals surface area (Å²) in [5.74, 6) is 0.428. The number of carboxylic acids is 1. The van der Waals surface area contributed by atoms with Gasteiger partial charge in [-0.3, -0.25) is 9.69 Å². The van der Waals surface area contributed by atoms with Crippen molar-refractivity contribution in [1.29, 1.82) is 0 Å². The second kappa shape index (κ2) is 5.70. The molecule has 0 bridgehead atoms. The van der Waals surface area contributed by atoms with E-state index < -0.39 is 5.97 Å². The van der Waals surface area contributed by atoms with Gasteiger partial charge in [0.05, 0.1) is 18.8 Å². The topological polar surface area (TPSA) is 53.7 Å². The largest absolute Gasteiger partial charge is 0.480 e. The van der Waals surface area contributed by atoms with Crippen LogP contribution in [-0.2, 0) is 4.79 Å². The molecule has 0 saturated carbocycles. The first-order chi connectivity index (χ1) is 7.50. The molecule has 1 aromatic rings. The molecule has 4 heteroatoms. The van der Waals surface area contributed by atoms with Crippen LogP contribution in [0.4, 0.5) is 0 Å². The molecule has 0 aliphatic heterocycles. The molecule has 1 N–H and O–H groups in total. The first-order valence-electron chi connectivity index (χ1n) is 5.50. The summed E-state index contributed by atoms with van der Waals surface area (Å²) in [7, 11) is 0. The molecular formula is C12H19NO3. The zero-order valence-corrected chi connectivity index (χ0v) is 10.0. The van der Waals surface area contributed by atoms with E-state index in [-0.39, 0.29) is 12.6 Å². The van der Waals surface area contributed by atoms with Crippen LogP contribution in [0.5, 0.6) is 0 Å². The van der Waals surface area contributed by atoms with Gasteiger partial charge in [0.2, 0.25) is 0 Å². The molecule has 0 saturated heterocycles. The summed E-state index contributed by atoms with van der Waals surface area (Å²) < 4.78 is 5.30. The van der Waals surface area contributed by atoms with Gasteiger partial charge >= 0.3 is 5.97 Å². The molecule has 0 fully saturated rings. The van der Waals surface area contributed by atoms with Crippen LogP contribution >= 0.6 is 0 Å². The second-order valence-corrected chi connectivity index (χ2v) is 4.41. The Bertz CT molecular complexity index is 319. The first kappa shape index (κ1) is 12.8. The number of carboxylic acid groups (broad SMARTS) is 1. The fourth-order valence-electron chi connectivity index (χ4n) is 1.71. The molecule has 1 aromatic heterocycles. The number of hydrogen-bond acceptors (Lipinski definition) is 3. The van der Waals surface area contributed by atoms with Crippen molar-refractivity contribution in [2.45, 2.75) is 26.8 Å². The summed E-state index contributed by atoms with van der Waals surface area (Å²) in [4.78, 5) is 12.7. The van der Waals surface area contributed by atoms with E-state index in [1.165, 1.54) is 0 Å². The maximum atomic E-state index is 10.8. The molecule has 1 atom stereocenters. The van der Waals surface area contributed by atoms with Crippen molar-refractivity contribution in [2.24, 2.45) is 5.92 Å². The number of carbonyl (C=O) groups is 1. The van der Waals surface area contributed by atoms with Gasteiger partial charge in [-0.2, -0.15) is 0 Å². The van der Waals surface area contributed by atoms with Crippen molar-refractivity contribution in [3.8, 4) is 0 Å². The zero-order valence-electron chi connectivity index (χ0n) is 10.0. The highest BCUT2D eigenvalue weighted by Crippen LogP contribution is 2.21. The predicted molar refractivity (Wildman–Crippen MR) is 61.2 cm³/mol. The van der Waals surface area contributed by atoms with E-state index >= 15 is 0 Å². The molecular weight excluding hydrogens is 206 g/mol. The van der Waals surface area contributed by atoms with Crippen molar-refractivity contribution in [2.75, 3.05) is 13.1 Å².